The Morgan fingerprint density at radius 2 is 1.79 bits per heavy atom. The summed E-state index contributed by atoms with van der Waals surface area (Å²) < 4.78 is 0. The Kier molecular flexibility index (Phi) is 4.04. The normalized spacial score (nSPS) is 17.2. The number of nitrogens with one attached hydrogen (secondary N) is 1. The van der Waals surface area contributed by atoms with Gasteiger partial charge in [-0.05, 0) is 36.2 Å². The number of carbonyl (C=O) groups is 3. The van der Waals surface area contributed by atoms with E-state index in [2.05, 4.69) is 5.32 Å². The zero-order valence-electron chi connectivity index (χ0n) is 13.0. The molecule has 3 rings (SSSR count). The molecule has 122 valence electrons. The highest BCUT2D eigenvalue weighted by Crippen LogP contribution is 2.27. The van der Waals surface area contributed by atoms with Gasteiger partial charge < -0.3 is 15.2 Å². The van der Waals surface area contributed by atoms with E-state index in [4.69, 9.17) is 0 Å². The molecule has 1 aliphatic heterocycles. The third-order valence-corrected chi connectivity index (χ3v) is 3.96. The van der Waals surface area contributed by atoms with Gasteiger partial charge in [0.2, 0.25) is 5.91 Å². The number of carbonyl (C=O) groups excluding carboxylic acids is 3. The van der Waals surface area contributed by atoms with Crippen molar-refractivity contribution in [3.8, 4) is 0 Å². The SMILES string of the molecule is Cc1ccccc1N1C(=O)C[C@H](Nc2ccc(C(=O)[O-])cc2)C1=O. The van der Waals surface area contributed by atoms with Crippen LogP contribution >= 0.6 is 0 Å². The van der Waals surface area contributed by atoms with Crippen molar-refractivity contribution in [3.63, 3.8) is 0 Å². The van der Waals surface area contributed by atoms with E-state index in [-0.39, 0.29) is 23.8 Å². The Morgan fingerprint density at radius 1 is 1.12 bits per heavy atom. The Hall–Kier alpha value is -3.15. The number of hydrogen-bond donors (Lipinski definition) is 1. The zero-order valence-corrected chi connectivity index (χ0v) is 13.0. The molecular weight excluding hydrogens is 308 g/mol. The van der Waals surface area contributed by atoms with Crippen LogP contribution in [0, 0.1) is 6.92 Å². The fourth-order valence-corrected chi connectivity index (χ4v) is 2.72. The maximum Gasteiger partial charge on any atom is 0.256 e. The van der Waals surface area contributed by atoms with Crippen LogP contribution in [0.1, 0.15) is 22.3 Å². The summed E-state index contributed by atoms with van der Waals surface area (Å²) in [5.41, 5.74) is 2.05. The average molecular weight is 323 g/mol. The van der Waals surface area contributed by atoms with E-state index in [1.165, 1.54) is 17.0 Å². The van der Waals surface area contributed by atoms with Gasteiger partial charge in [0.05, 0.1) is 18.1 Å². The van der Waals surface area contributed by atoms with Crippen LogP contribution in [-0.2, 0) is 9.59 Å². The second-order valence-electron chi connectivity index (χ2n) is 5.62. The van der Waals surface area contributed by atoms with Gasteiger partial charge in [-0.15, -0.1) is 0 Å². The molecule has 6 nitrogen and oxygen atoms in total. The lowest BCUT2D eigenvalue weighted by molar-refractivity contribution is -0.255. The van der Waals surface area contributed by atoms with Gasteiger partial charge in [-0.3, -0.25) is 9.59 Å². The van der Waals surface area contributed by atoms with E-state index in [0.29, 0.717) is 11.4 Å². The van der Waals surface area contributed by atoms with Gasteiger partial charge in [0.1, 0.15) is 6.04 Å². The molecule has 0 spiro atoms. The van der Waals surface area contributed by atoms with Crippen LogP contribution in [-0.4, -0.2) is 23.8 Å². The number of aromatic carboxylic acids is 1. The predicted octanol–water partition coefficient (Wildman–Crippen LogP) is 1.10. The quantitative estimate of drug-likeness (QED) is 0.851. The minimum absolute atomic E-state index is 0.0510. The van der Waals surface area contributed by atoms with E-state index in [1.54, 1.807) is 24.3 Å². The second kappa shape index (κ2) is 6.16. The molecule has 2 aromatic rings. The van der Waals surface area contributed by atoms with Crippen molar-refractivity contribution in [1.29, 1.82) is 0 Å². The summed E-state index contributed by atoms with van der Waals surface area (Å²) in [6.45, 7) is 1.84. The first kappa shape index (κ1) is 15.7. The fraction of sp³-hybridized carbons (Fsp3) is 0.167. The number of aryl methyl sites for hydroxylation is 1. The van der Waals surface area contributed by atoms with Crippen LogP contribution in [0.25, 0.3) is 0 Å². The summed E-state index contributed by atoms with van der Waals surface area (Å²) in [5.74, 6) is -1.85. The number of nitrogens with zero attached hydrogens (tertiary/aromatic N) is 1. The second-order valence-corrected chi connectivity index (χ2v) is 5.62. The summed E-state index contributed by atoms with van der Waals surface area (Å²) in [7, 11) is 0. The molecule has 1 heterocycles. The third kappa shape index (κ3) is 2.86. The Morgan fingerprint density at radius 3 is 2.42 bits per heavy atom. The molecule has 24 heavy (non-hydrogen) atoms. The summed E-state index contributed by atoms with van der Waals surface area (Å²) in [5, 5.41) is 13.7. The van der Waals surface area contributed by atoms with Gasteiger partial charge in [0, 0.05) is 5.69 Å². The van der Waals surface area contributed by atoms with Crippen molar-refractivity contribution in [2.75, 3.05) is 10.2 Å². The van der Waals surface area contributed by atoms with E-state index >= 15 is 0 Å². The van der Waals surface area contributed by atoms with Crippen LogP contribution in [0.4, 0.5) is 11.4 Å². The van der Waals surface area contributed by atoms with Crippen molar-refractivity contribution < 1.29 is 19.5 Å². The standard InChI is InChI=1S/C18H16N2O4/c1-11-4-2-3-5-15(11)20-16(21)10-14(17(20)22)19-13-8-6-12(7-9-13)18(23)24/h2-9,14,19H,10H2,1H3,(H,23,24)/p-1/t14-/m0/s1. The van der Waals surface area contributed by atoms with Crippen LogP contribution in [0.15, 0.2) is 48.5 Å². The molecule has 0 saturated carbocycles. The summed E-state index contributed by atoms with van der Waals surface area (Å²) in [4.78, 5) is 36.8. The minimum atomic E-state index is -1.26. The topological polar surface area (TPSA) is 89.5 Å². The molecule has 2 amide bonds. The molecule has 0 radical (unpaired) electrons. The number of para-hydroxylation sites is 1. The summed E-state index contributed by atoms with van der Waals surface area (Å²) in [6.07, 6.45) is 0.0510. The van der Waals surface area contributed by atoms with Crippen molar-refractivity contribution in [2.45, 2.75) is 19.4 Å². The molecule has 0 unspecified atom stereocenters. The van der Waals surface area contributed by atoms with Gasteiger partial charge in [0.15, 0.2) is 0 Å². The maximum absolute atomic E-state index is 12.6. The third-order valence-electron chi connectivity index (χ3n) is 3.96. The van der Waals surface area contributed by atoms with Gasteiger partial charge in [-0.25, -0.2) is 4.90 Å². The molecule has 0 aromatic heterocycles. The van der Waals surface area contributed by atoms with Crippen molar-refractivity contribution in [1.82, 2.24) is 0 Å². The molecule has 1 aliphatic rings. The van der Waals surface area contributed by atoms with Crippen molar-refractivity contribution in [2.24, 2.45) is 0 Å². The lowest BCUT2D eigenvalue weighted by Crippen LogP contribution is -2.35. The molecule has 1 fully saturated rings. The fourth-order valence-electron chi connectivity index (χ4n) is 2.72. The average Bonchev–Trinajstić information content (AvgIpc) is 2.83. The van der Waals surface area contributed by atoms with Gasteiger partial charge in [0.25, 0.3) is 5.91 Å². The smallest absolute Gasteiger partial charge is 0.256 e. The first-order valence-electron chi connectivity index (χ1n) is 7.48. The van der Waals surface area contributed by atoms with Crippen LogP contribution in [0.2, 0.25) is 0 Å². The number of imide groups is 1. The number of carboxylic acid groups (broad SMARTS) is 1. The minimum Gasteiger partial charge on any atom is -0.545 e. The number of rotatable bonds is 4. The van der Waals surface area contributed by atoms with E-state index in [0.717, 1.165) is 5.56 Å². The van der Waals surface area contributed by atoms with Crippen LogP contribution < -0.4 is 15.3 Å². The molecule has 6 heteroatoms. The number of benzene rings is 2. The van der Waals surface area contributed by atoms with Crippen molar-refractivity contribution in [3.05, 3.63) is 59.7 Å². The summed E-state index contributed by atoms with van der Waals surface area (Å²) >= 11 is 0. The van der Waals surface area contributed by atoms with E-state index in [9.17, 15) is 19.5 Å². The van der Waals surface area contributed by atoms with Gasteiger partial charge in [-0.1, -0.05) is 30.3 Å². The summed E-state index contributed by atoms with van der Waals surface area (Å²) in [6, 6.07) is 12.4. The maximum atomic E-state index is 12.6. The molecular formula is C18H15N2O4-. The number of carboxylic acids is 1. The molecule has 1 atom stereocenters. The largest absolute Gasteiger partial charge is 0.545 e. The molecule has 0 aliphatic carbocycles. The highest BCUT2D eigenvalue weighted by atomic mass is 16.4. The Labute approximate surface area is 138 Å². The predicted molar refractivity (Wildman–Crippen MR) is 86.5 cm³/mol. The molecule has 0 bridgehead atoms. The molecule has 1 saturated heterocycles. The zero-order chi connectivity index (χ0) is 17.3. The Balaban J connectivity index is 1.79. The molecule has 1 N–H and O–H groups in total. The highest BCUT2D eigenvalue weighted by Gasteiger charge is 2.40. The first-order chi connectivity index (χ1) is 11.5. The number of anilines is 2. The highest BCUT2D eigenvalue weighted by molar-refractivity contribution is 6.23. The first-order valence-corrected chi connectivity index (χ1v) is 7.48. The lowest BCUT2D eigenvalue weighted by Gasteiger charge is -2.18. The Bertz CT molecular complexity index is 814. The lowest BCUT2D eigenvalue weighted by atomic mass is 10.1. The van der Waals surface area contributed by atoms with E-state index < -0.39 is 12.0 Å². The van der Waals surface area contributed by atoms with Gasteiger partial charge in [-0.2, -0.15) is 0 Å². The van der Waals surface area contributed by atoms with Crippen LogP contribution in [0.3, 0.4) is 0 Å². The molecule has 2 aromatic carbocycles. The number of hydrogen-bond acceptors (Lipinski definition) is 5. The van der Waals surface area contributed by atoms with Crippen LogP contribution in [0.5, 0.6) is 0 Å². The monoisotopic (exact) mass is 323 g/mol. The van der Waals surface area contributed by atoms with E-state index in [1.807, 2.05) is 19.1 Å². The van der Waals surface area contributed by atoms with Gasteiger partial charge >= 0.3 is 0 Å². The van der Waals surface area contributed by atoms with Crippen molar-refractivity contribution >= 4 is 29.2 Å². The number of amides is 2.